The van der Waals surface area contributed by atoms with Gasteiger partial charge in [-0.05, 0) is 24.0 Å². The third kappa shape index (κ3) is 2.21. The average Bonchev–Trinajstić information content (AvgIpc) is 2.60. The van der Waals surface area contributed by atoms with Crippen LogP contribution in [0.3, 0.4) is 0 Å². The van der Waals surface area contributed by atoms with Crippen LogP contribution in [-0.4, -0.2) is 23.5 Å². The molecule has 84 valence electrons. The number of benzene rings is 1. The summed E-state index contributed by atoms with van der Waals surface area (Å²) in [4.78, 5) is 21.7. The van der Waals surface area contributed by atoms with E-state index in [2.05, 4.69) is 5.32 Å². The Balaban J connectivity index is 2.02. The molecule has 0 saturated heterocycles. The first kappa shape index (κ1) is 10.7. The van der Waals surface area contributed by atoms with Crippen LogP contribution in [-0.2, 0) is 12.8 Å². The molecule has 0 aliphatic heterocycles. The van der Waals surface area contributed by atoms with E-state index >= 15 is 0 Å². The average molecular weight is 219 g/mol. The zero-order valence-electron chi connectivity index (χ0n) is 8.82. The number of hydrogen-bond donors (Lipinski definition) is 2. The molecule has 0 radical (unpaired) electrons. The Hall–Kier alpha value is -1.84. The van der Waals surface area contributed by atoms with Crippen molar-refractivity contribution in [3.05, 3.63) is 34.9 Å². The van der Waals surface area contributed by atoms with Gasteiger partial charge in [0.15, 0.2) is 5.78 Å². The smallest absolute Gasteiger partial charge is 0.404 e. The van der Waals surface area contributed by atoms with E-state index in [9.17, 15) is 9.59 Å². The van der Waals surface area contributed by atoms with Crippen LogP contribution in [0, 0.1) is 0 Å². The molecule has 0 fully saturated rings. The molecule has 2 rings (SSSR count). The van der Waals surface area contributed by atoms with Gasteiger partial charge in [-0.15, -0.1) is 0 Å². The monoisotopic (exact) mass is 219 g/mol. The van der Waals surface area contributed by atoms with Gasteiger partial charge >= 0.3 is 6.09 Å². The second kappa shape index (κ2) is 4.35. The van der Waals surface area contributed by atoms with Crippen molar-refractivity contribution in [3.63, 3.8) is 0 Å². The Kier molecular flexibility index (Phi) is 2.90. The summed E-state index contributed by atoms with van der Waals surface area (Å²) in [6.07, 6.45) is 1.07. The molecule has 1 aliphatic rings. The molecule has 0 atom stereocenters. The Bertz CT molecular complexity index is 440. The molecule has 0 bridgehead atoms. The fourth-order valence-corrected chi connectivity index (χ4v) is 1.98. The Morgan fingerprint density at radius 1 is 1.38 bits per heavy atom. The molecule has 0 heterocycles. The van der Waals surface area contributed by atoms with Crippen LogP contribution in [0.25, 0.3) is 0 Å². The van der Waals surface area contributed by atoms with Crippen LogP contribution < -0.4 is 5.32 Å². The van der Waals surface area contributed by atoms with E-state index < -0.39 is 6.09 Å². The second-order valence-electron chi connectivity index (χ2n) is 3.90. The summed E-state index contributed by atoms with van der Waals surface area (Å²) in [5, 5.41) is 10.7. The first-order chi connectivity index (χ1) is 7.66. The van der Waals surface area contributed by atoms with Crippen molar-refractivity contribution >= 4 is 11.9 Å². The Morgan fingerprint density at radius 3 is 2.94 bits per heavy atom. The van der Waals surface area contributed by atoms with E-state index in [1.165, 1.54) is 0 Å². The van der Waals surface area contributed by atoms with Gasteiger partial charge in [0.05, 0.1) is 0 Å². The number of carboxylic acid groups (broad SMARTS) is 1. The molecule has 1 aromatic carbocycles. The molecular weight excluding hydrogens is 206 g/mol. The summed E-state index contributed by atoms with van der Waals surface area (Å²) < 4.78 is 0. The Morgan fingerprint density at radius 2 is 2.19 bits per heavy atom. The summed E-state index contributed by atoms with van der Waals surface area (Å²) in [6.45, 7) is 0.405. The maximum Gasteiger partial charge on any atom is 0.404 e. The first-order valence-corrected chi connectivity index (χ1v) is 5.28. The van der Waals surface area contributed by atoms with E-state index in [4.69, 9.17) is 5.11 Å². The van der Waals surface area contributed by atoms with E-state index in [0.717, 1.165) is 23.1 Å². The molecule has 4 nitrogen and oxygen atoms in total. The topological polar surface area (TPSA) is 66.4 Å². The van der Waals surface area contributed by atoms with E-state index in [1.54, 1.807) is 0 Å². The van der Waals surface area contributed by atoms with Gasteiger partial charge in [-0.2, -0.15) is 0 Å². The second-order valence-corrected chi connectivity index (χ2v) is 3.90. The van der Waals surface area contributed by atoms with E-state index in [1.807, 2.05) is 18.2 Å². The number of rotatable bonds is 3. The minimum absolute atomic E-state index is 0.213. The lowest BCUT2D eigenvalue weighted by molar-refractivity contribution is 0.0994. The third-order valence-electron chi connectivity index (χ3n) is 2.78. The van der Waals surface area contributed by atoms with E-state index in [-0.39, 0.29) is 5.78 Å². The summed E-state index contributed by atoms with van der Waals surface area (Å²) in [5.74, 6) is 0.213. The number of amides is 1. The van der Waals surface area contributed by atoms with Gasteiger partial charge < -0.3 is 10.4 Å². The standard InChI is InChI=1S/C12H13NO3/c14-11-4-2-9-7-8(1-3-10(9)11)5-6-13-12(15)16/h1,3,7,13H,2,4-6H2,(H,15,16). The van der Waals surface area contributed by atoms with Crippen molar-refractivity contribution < 1.29 is 14.7 Å². The van der Waals surface area contributed by atoms with Crippen molar-refractivity contribution in [1.29, 1.82) is 0 Å². The SMILES string of the molecule is O=C(O)NCCc1ccc2c(c1)CCC2=O. The van der Waals surface area contributed by atoms with Gasteiger partial charge in [0.25, 0.3) is 0 Å². The summed E-state index contributed by atoms with van der Waals surface area (Å²) >= 11 is 0. The molecule has 16 heavy (non-hydrogen) atoms. The van der Waals surface area contributed by atoms with Gasteiger partial charge in [0.2, 0.25) is 0 Å². The number of Topliss-reactive ketones (excluding diaryl/α,β-unsaturated/α-hetero) is 1. The number of ketones is 1. The van der Waals surface area contributed by atoms with Crippen molar-refractivity contribution in [1.82, 2.24) is 5.32 Å². The van der Waals surface area contributed by atoms with Gasteiger partial charge in [0.1, 0.15) is 0 Å². The van der Waals surface area contributed by atoms with Crippen LogP contribution in [0.2, 0.25) is 0 Å². The molecule has 1 aromatic rings. The number of nitrogens with one attached hydrogen (secondary N) is 1. The highest BCUT2D eigenvalue weighted by Crippen LogP contribution is 2.22. The maximum atomic E-state index is 11.4. The number of carbonyl (C=O) groups is 2. The first-order valence-electron chi connectivity index (χ1n) is 5.28. The minimum Gasteiger partial charge on any atom is -0.465 e. The number of hydrogen-bond acceptors (Lipinski definition) is 2. The van der Waals surface area contributed by atoms with Crippen molar-refractivity contribution in [2.24, 2.45) is 0 Å². The molecule has 0 spiro atoms. The lowest BCUT2D eigenvalue weighted by atomic mass is 10.0. The lowest BCUT2D eigenvalue weighted by Gasteiger charge is -2.04. The molecular formula is C12H13NO3. The molecule has 2 N–H and O–H groups in total. The number of carbonyl (C=O) groups excluding carboxylic acids is 1. The zero-order valence-corrected chi connectivity index (χ0v) is 8.82. The predicted octanol–water partition coefficient (Wildman–Crippen LogP) is 1.63. The highest BCUT2D eigenvalue weighted by molar-refractivity contribution is 6.00. The van der Waals surface area contributed by atoms with Crippen LogP contribution in [0.1, 0.15) is 27.9 Å². The normalized spacial score (nSPS) is 13.6. The molecule has 1 amide bonds. The molecule has 0 saturated carbocycles. The fourth-order valence-electron chi connectivity index (χ4n) is 1.98. The van der Waals surface area contributed by atoms with Gasteiger partial charge in [-0.25, -0.2) is 4.79 Å². The fraction of sp³-hybridized carbons (Fsp3) is 0.333. The van der Waals surface area contributed by atoms with Gasteiger partial charge in [-0.3, -0.25) is 4.79 Å². The van der Waals surface area contributed by atoms with Crippen LogP contribution >= 0.6 is 0 Å². The number of fused-ring (bicyclic) bond motifs is 1. The molecule has 1 aliphatic carbocycles. The van der Waals surface area contributed by atoms with Gasteiger partial charge in [0, 0.05) is 18.5 Å². The summed E-state index contributed by atoms with van der Waals surface area (Å²) in [6, 6.07) is 5.75. The summed E-state index contributed by atoms with van der Waals surface area (Å²) in [5.41, 5.74) is 3.00. The van der Waals surface area contributed by atoms with Crippen LogP contribution in [0.5, 0.6) is 0 Å². The third-order valence-corrected chi connectivity index (χ3v) is 2.78. The Labute approximate surface area is 93.3 Å². The van der Waals surface area contributed by atoms with Crippen LogP contribution in [0.15, 0.2) is 18.2 Å². The largest absolute Gasteiger partial charge is 0.465 e. The molecule has 4 heteroatoms. The highest BCUT2D eigenvalue weighted by Gasteiger charge is 2.18. The zero-order chi connectivity index (χ0) is 11.5. The summed E-state index contributed by atoms with van der Waals surface area (Å²) in [7, 11) is 0. The predicted molar refractivity (Wildman–Crippen MR) is 58.8 cm³/mol. The lowest BCUT2D eigenvalue weighted by Crippen LogP contribution is -2.23. The maximum absolute atomic E-state index is 11.4. The quantitative estimate of drug-likeness (QED) is 0.811. The number of aryl methyl sites for hydroxylation is 1. The van der Waals surface area contributed by atoms with Crippen molar-refractivity contribution in [3.8, 4) is 0 Å². The molecule has 0 unspecified atom stereocenters. The van der Waals surface area contributed by atoms with Crippen LogP contribution in [0.4, 0.5) is 4.79 Å². The van der Waals surface area contributed by atoms with Crippen molar-refractivity contribution in [2.75, 3.05) is 6.54 Å². The minimum atomic E-state index is -1.00. The highest BCUT2D eigenvalue weighted by atomic mass is 16.4. The molecule has 0 aromatic heterocycles. The van der Waals surface area contributed by atoms with E-state index in [0.29, 0.717) is 19.4 Å². The van der Waals surface area contributed by atoms with Crippen molar-refractivity contribution in [2.45, 2.75) is 19.3 Å². The van der Waals surface area contributed by atoms with Gasteiger partial charge in [-0.1, -0.05) is 18.2 Å².